The molecule has 1 saturated heterocycles. The summed E-state index contributed by atoms with van der Waals surface area (Å²) in [6.07, 6.45) is 1.38. The Kier molecular flexibility index (Phi) is 6.08. The summed E-state index contributed by atoms with van der Waals surface area (Å²) < 4.78 is 5.10. The van der Waals surface area contributed by atoms with Crippen molar-refractivity contribution < 1.29 is 19.1 Å². The average molecular weight is 436 g/mol. The smallest absolute Gasteiger partial charge is 0.338 e. The molecule has 0 bridgehead atoms. The number of thiazole rings is 1. The Labute approximate surface area is 183 Å². The lowest BCUT2D eigenvalue weighted by molar-refractivity contribution is -0.119. The highest BCUT2D eigenvalue weighted by molar-refractivity contribution is 7.14. The number of rotatable bonds is 6. The molecule has 0 unspecified atom stereocenters. The van der Waals surface area contributed by atoms with Crippen LogP contribution in [0, 0.1) is 6.92 Å². The maximum Gasteiger partial charge on any atom is 0.338 e. The quantitative estimate of drug-likeness (QED) is 0.591. The van der Waals surface area contributed by atoms with Crippen molar-refractivity contribution in [3.63, 3.8) is 0 Å². The van der Waals surface area contributed by atoms with Crippen LogP contribution in [0.25, 0.3) is 11.3 Å². The summed E-state index contributed by atoms with van der Waals surface area (Å²) in [5, 5.41) is 4.95. The van der Waals surface area contributed by atoms with Gasteiger partial charge in [0.15, 0.2) is 11.7 Å². The van der Waals surface area contributed by atoms with Crippen LogP contribution in [0.5, 0.6) is 0 Å². The zero-order valence-electron chi connectivity index (χ0n) is 17.0. The first-order valence-corrected chi connectivity index (χ1v) is 10.8. The molecule has 2 amide bonds. The third kappa shape index (κ3) is 4.97. The average Bonchev–Trinajstić information content (AvgIpc) is 3.42. The Morgan fingerprint density at radius 2 is 1.87 bits per heavy atom. The number of nitrogens with one attached hydrogen (secondary N) is 1. The van der Waals surface area contributed by atoms with Gasteiger partial charge in [-0.2, -0.15) is 0 Å². The number of hydrogen-bond donors (Lipinski definition) is 1. The van der Waals surface area contributed by atoms with Gasteiger partial charge in [-0.3, -0.25) is 14.9 Å². The van der Waals surface area contributed by atoms with Crippen LogP contribution < -0.4 is 10.2 Å². The molecule has 3 aromatic rings. The van der Waals surface area contributed by atoms with Crippen molar-refractivity contribution in [2.75, 3.05) is 23.4 Å². The summed E-state index contributed by atoms with van der Waals surface area (Å²) in [6.45, 7) is 2.29. The number of nitrogens with zero attached hydrogens (tertiary/aromatic N) is 2. The molecular weight excluding hydrogens is 414 g/mol. The number of carbonyl (C=O) groups excluding carboxylic acids is 3. The predicted molar refractivity (Wildman–Crippen MR) is 119 cm³/mol. The van der Waals surface area contributed by atoms with Gasteiger partial charge in [-0.25, -0.2) is 9.78 Å². The number of ether oxygens (including phenoxy) is 1. The van der Waals surface area contributed by atoms with Gasteiger partial charge in [-0.1, -0.05) is 29.8 Å². The first kappa shape index (κ1) is 20.7. The minimum Gasteiger partial charge on any atom is -0.452 e. The number of anilines is 2. The van der Waals surface area contributed by atoms with Crippen molar-refractivity contribution in [1.29, 1.82) is 0 Å². The molecule has 0 aliphatic carbocycles. The van der Waals surface area contributed by atoms with Crippen molar-refractivity contribution in [3.8, 4) is 11.3 Å². The van der Waals surface area contributed by atoms with Gasteiger partial charge in [0.2, 0.25) is 5.91 Å². The monoisotopic (exact) mass is 435 g/mol. The van der Waals surface area contributed by atoms with Crippen molar-refractivity contribution in [2.45, 2.75) is 19.8 Å². The molecule has 1 aliphatic rings. The molecule has 7 nitrogen and oxygen atoms in total. The number of benzene rings is 2. The van der Waals surface area contributed by atoms with Gasteiger partial charge >= 0.3 is 5.97 Å². The van der Waals surface area contributed by atoms with Crippen LogP contribution in [-0.4, -0.2) is 35.9 Å². The number of carbonyl (C=O) groups is 3. The molecule has 2 aromatic carbocycles. The molecule has 0 atom stereocenters. The van der Waals surface area contributed by atoms with Crippen molar-refractivity contribution in [1.82, 2.24) is 4.98 Å². The summed E-state index contributed by atoms with van der Waals surface area (Å²) in [5.41, 5.74) is 3.97. The normalized spacial score (nSPS) is 13.3. The highest BCUT2D eigenvalue weighted by atomic mass is 32.1. The third-order valence-electron chi connectivity index (χ3n) is 4.92. The molecular formula is C23H21N3O4S. The van der Waals surface area contributed by atoms with Crippen LogP contribution in [0.4, 0.5) is 10.8 Å². The summed E-state index contributed by atoms with van der Waals surface area (Å²) in [4.78, 5) is 42.3. The molecule has 1 N–H and O–H groups in total. The fourth-order valence-corrected chi connectivity index (χ4v) is 3.99. The van der Waals surface area contributed by atoms with E-state index in [0.717, 1.165) is 28.9 Å². The van der Waals surface area contributed by atoms with Crippen molar-refractivity contribution in [3.05, 3.63) is 65.0 Å². The van der Waals surface area contributed by atoms with E-state index in [9.17, 15) is 14.4 Å². The Morgan fingerprint density at radius 3 is 2.55 bits per heavy atom. The standard InChI is InChI=1S/C23H21N3O4S/c1-15-4-6-16(7-5-15)19-14-31-23(24-19)25-20(27)13-30-22(29)17-8-10-18(11-9-17)26-12-2-3-21(26)28/h4-11,14H,2-3,12-13H2,1H3,(H,24,25,27). The van der Waals surface area contributed by atoms with E-state index in [1.807, 2.05) is 36.6 Å². The van der Waals surface area contributed by atoms with Crippen LogP contribution in [-0.2, 0) is 14.3 Å². The molecule has 1 aliphatic heterocycles. The number of hydrogen-bond acceptors (Lipinski definition) is 6. The highest BCUT2D eigenvalue weighted by Gasteiger charge is 2.22. The summed E-state index contributed by atoms with van der Waals surface area (Å²) in [7, 11) is 0. The van der Waals surface area contributed by atoms with Crippen molar-refractivity contribution in [2.24, 2.45) is 0 Å². The zero-order valence-corrected chi connectivity index (χ0v) is 17.8. The fraction of sp³-hybridized carbons (Fsp3) is 0.217. The predicted octanol–water partition coefficient (Wildman–Crippen LogP) is 4.04. The van der Waals surface area contributed by atoms with Gasteiger partial charge in [0.1, 0.15) is 0 Å². The Bertz CT molecular complexity index is 1110. The van der Waals surface area contributed by atoms with Gasteiger partial charge in [0, 0.05) is 29.6 Å². The molecule has 4 rings (SSSR count). The number of aromatic nitrogens is 1. The maximum atomic E-state index is 12.2. The Hall–Kier alpha value is -3.52. The van der Waals surface area contributed by atoms with Crippen LogP contribution >= 0.6 is 11.3 Å². The number of esters is 1. The fourth-order valence-electron chi connectivity index (χ4n) is 3.26. The van der Waals surface area contributed by atoms with Crippen LogP contribution in [0.2, 0.25) is 0 Å². The topological polar surface area (TPSA) is 88.6 Å². The Balaban J connectivity index is 1.29. The summed E-state index contributed by atoms with van der Waals surface area (Å²) >= 11 is 1.31. The SMILES string of the molecule is Cc1ccc(-c2csc(NC(=O)COC(=O)c3ccc(N4CCCC4=O)cc3)n2)cc1. The lowest BCUT2D eigenvalue weighted by Crippen LogP contribution is -2.23. The lowest BCUT2D eigenvalue weighted by atomic mass is 10.1. The van der Waals surface area contributed by atoms with E-state index in [1.54, 1.807) is 29.2 Å². The van der Waals surface area contributed by atoms with E-state index >= 15 is 0 Å². The van der Waals surface area contributed by atoms with E-state index in [0.29, 0.717) is 23.7 Å². The molecule has 8 heteroatoms. The number of amides is 2. The molecule has 0 saturated carbocycles. The molecule has 0 radical (unpaired) electrons. The van der Waals surface area contributed by atoms with Gasteiger partial charge in [0.05, 0.1) is 11.3 Å². The van der Waals surface area contributed by atoms with E-state index in [4.69, 9.17) is 4.74 Å². The summed E-state index contributed by atoms with van der Waals surface area (Å²) in [5.74, 6) is -0.980. The van der Waals surface area contributed by atoms with Crippen LogP contribution in [0.1, 0.15) is 28.8 Å². The molecule has 1 aromatic heterocycles. The maximum absolute atomic E-state index is 12.2. The molecule has 0 spiro atoms. The first-order valence-electron chi connectivity index (χ1n) is 9.89. The highest BCUT2D eigenvalue weighted by Crippen LogP contribution is 2.25. The summed E-state index contributed by atoms with van der Waals surface area (Å²) in [6, 6.07) is 14.6. The van der Waals surface area contributed by atoms with E-state index in [1.165, 1.54) is 11.3 Å². The van der Waals surface area contributed by atoms with E-state index in [2.05, 4.69) is 10.3 Å². The molecule has 158 valence electrons. The lowest BCUT2D eigenvalue weighted by Gasteiger charge is -2.15. The minimum atomic E-state index is -0.603. The van der Waals surface area contributed by atoms with E-state index < -0.39 is 18.5 Å². The van der Waals surface area contributed by atoms with Gasteiger partial charge in [-0.15, -0.1) is 11.3 Å². The zero-order chi connectivity index (χ0) is 21.8. The second-order valence-electron chi connectivity index (χ2n) is 7.22. The second-order valence-corrected chi connectivity index (χ2v) is 8.08. The van der Waals surface area contributed by atoms with Crippen LogP contribution in [0.3, 0.4) is 0 Å². The van der Waals surface area contributed by atoms with Gasteiger partial charge in [0.25, 0.3) is 5.91 Å². The van der Waals surface area contributed by atoms with Gasteiger partial charge in [-0.05, 0) is 37.6 Å². The van der Waals surface area contributed by atoms with Crippen LogP contribution in [0.15, 0.2) is 53.9 Å². The number of aryl methyl sites for hydroxylation is 1. The van der Waals surface area contributed by atoms with E-state index in [-0.39, 0.29) is 5.91 Å². The molecule has 31 heavy (non-hydrogen) atoms. The Morgan fingerprint density at radius 1 is 1.13 bits per heavy atom. The van der Waals surface area contributed by atoms with Crippen molar-refractivity contribution >= 4 is 39.9 Å². The largest absolute Gasteiger partial charge is 0.452 e. The molecule has 2 heterocycles. The first-order chi connectivity index (χ1) is 15.0. The van der Waals surface area contributed by atoms with Gasteiger partial charge < -0.3 is 9.64 Å². The minimum absolute atomic E-state index is 0.0831. The second kappa shape index (κ2) is 9.09. The third-order valence-corrected chi connectivity index (χ3v) is 5.68. The molecule has 1 fully saturated rings.